The maximum absolute atomic E-state index is 12.1. The van der Waals surface area contributed by atoms with Gasteiger partial charge in [-0.3, -0.25) is 14.4 Å². The van der Waals surface area contributed by atoms with Gasteiger partial charge < -0.3 is 14.6 Å². The van der Waals surface area contributed by atoms with Gasteiger partial charge in [-0.05, 0) is 27.2 Å². The summed E-state index contributed by atoms with van der Waals surface area (Å²) < 4.78 is 5.03. The lowest BCUT2D eigenvalue weighted by Gasteiger charge is -2.26. The minimum absolute atomic E-state index is 0.216. The van der Waals surface area contributed by atoms with Gasteiger partial charge in [0.15, 0.2) is 11.6 Å². The molecule has 0 spiro atoms. The highest BCUT2D eigenvalue weighted by Crippen LogP contribution is 2.38. The molecule has 0 saturated heterocycles. The molecule has 0 amide bonds. The van der Waals surface area contributed by atoms with Crippen LogP contribution in [0.5, 0.6) is 0 Å². The number of hydrogen-bond donors (Lipinski definition) is 0. The lowest BCUT2D eigenvalue weighted by Crippen LogP contribution is -2.50. The number of Topliss-reactive ketones (excluding diaryl/α,β-unsaturated/α-hetero) is 2. The Labute approximate surface area is 111 Å². The zero-order valence-electron chi connectivity index (χ0n) is 11.4. The van der Waals surface area contributed by atoms with Gasteiger partial charge >= 0.3 is 5.97 Å². The Hall–Kier alpha value is -1.72. The Bertz CT molecular complexity index is 445. The number of carbonyl (C=O) groups is 4. The molecular formula is C13H17O6-. The van der Waals surface area contributed by atoms with Crippen LogP contribution in [0.3, 0.4) is 0 Å². The molecule has 0 aliphatic heterocycles. The lowest BCUT2D eigenvalue weighted by atomic mass is 9.80. The third-order valence-electron chi connectivity index (χ3n) is 3.17. The van der Waals surface area contributed by atoms with Crippen molar-refractivity contribution in [2.75, 3.05) is 0 Å². The molecule has 1 saturated carbocycles. The van der Waals surface area contributed by atoms with Gasteiger partial charge in [0, 0.05) is 6.42 Å². The van der Waals surface area contributed by atoms with Crippen molar-refractivity contribution in [3.8, 4) is 0 Å². The van der Waals surface area contributed by atoms with E-state index in [9.17, 15) is 24.3 Å². The van der Waals surface area contributed by atoms with E-state index >= 15 is 0 Å². The maximum atomic E-state index is 12.1. The van der Waals surface area contributed by atoms with E-state index in [2.05, 4.69) is 0 Å². The van der Waals surface area contributed by atoms with E-state index in [-0.39, 0.29) is 6.42 Å². The van der Waals surface area contributed by atoms with Crippen LogP contribution in [-0.4, -0.2) is 29.1 Å². The second-order valence-corrected chi connectivity index (χ2v) is 5.62. The quantitative estimate of drug-likeness (QED) is 0.512. The predicted octanol–water partition coefficient (Wildman–Crippen LogP) is -0.368. The molecule has 6 nitrogen and oxygen atoms in total. The molecule has 1 aliphatic carbocycles. The number of aliphatic carboxylic acids is 1. The van der Waals surface area contributed by atoms with Crippen molar-refractivity contribution in [2.24, 2.45) is 11.3 Å². The van der Waals surface area contributed by atoms with E-state index in [1.165, 1.54) is 6.92 Å². The van der Waals surface area contributed by atoms with E-state index in [1.807, 2.05) is 0 Å². The Morgan fingerprint density at radius 2 is 1.89 bits per heavy atom. The van der Waals surface area contributed by atoms with Crippen molar-refractivity contribution >= 4 is 23.5 Å². The van der Waals surface area contributed by atoms with Gasteiger partial charge in [0.25, 0.3) is 0 Å². The largest absolute Gasteiger partial charge is 0.549 e. The van der Waals surface area contributed by atoms with Crippen LogP contribution in [0.1, 0.15) is 40.5 Å². The summed E-state index contributed by atoms with van der Waals surface area (Å²) in [6.07, 6.45) is -0.651. The van der Waals surface area contributed by atoms with Crippen molar-refractivity contribution in [2.45, 2.75) is 46.1 Å². The van der Waals surface area contributed by atoms with Crippen LogP contribution in [0, 0.1) is 11.3 Å². The maximum Gasteiger partial charge on any atom is 0.317 e. The van der Waals surface area contributed by atoms with Gasteiger partial charge in [0.05, 0.1) is 5.97 Å². The Morgan fingerprint density at radius 3 is 2.21 bits per heavy atom. The number of rotatable bonds is 3. The second kappa shape index (κ2) is 4.75. The second-order valence-electron chi connectivity index (χ2n) is 5.62. The van der Waals surface area contributed by atoms with E-state index in [0.717, 1.165) is 0 Å². The number of esters is 1. The summed E-state index contributed by atoms with van der Waals surface area (Å²) in [5, 5.41) is 11.1. The zero-order valence-corrected chi connectivity index (χ0v) is 11.4. The fourth-order valence-electron chi connectivity index (χ4n) is 2.18. The Morgan fingerprint density at radius 1 is 1.37 bits per heavy atom. The van der Waals surface area contributed by atoms with E-state index in [1.54, 1.807) is 20.8 Å². The zero-order chi connectivity index (χ0) is 15.0. The summed E-state index contributed by atoms with van der Waals surface area (Å²) in [5.74, 6) is -5.65. The average Bonchev–Trinajstić information content (AvgIpc) is 2.49. The summed E-state index contributed by atoms with van der Waals surface area (Å²) >= 11 is 0. The fourth-order valence-corrected chi connectivity index (χ4v) is 2.18. The van der Waals surface area contributed by atoms with Gasteiger partial charge in [0.2, 0.25) is 0 Å². The molecule has 2 unspecified atom stereocenters. The molecule has 1 aliphatic rings. The molecule has 1 rings (SSSR count). The monoisotopic (exact) mass is 269 g/mol. The van der Waals surface area contributed by atoms with Crippen LogP contribution in [0.25, 0.3) is 0 Å². The van der Waals surface area contributed by atoms with Crippen molar-refractivity contribution in [1.82, 2.24) is 0 Å². The van der Waals surface area contributed by atoms with E-state index < -0.39 is 46.9 Å². The molecular weight excluding hydrogens is 252 g/mol. The first kappa shape index (κ1) is 15.3. The van der Waals surface area contributed by atoms with Crippen LogP contribution in [0.2, 0.25) is 0 Å². The molecule has 0 bridgehead atoms. The molecule has 1 fully saturated rings. The third-order valence-corrected chi connectivity index (χ3v) is 3.17. The standard InChI is InChI=1S/C13H18O6/c1-5-13(11(17)18)8(14)6-7(9(13)15)10(16)19-12(2,3)4/h7H,5-6H2,1-4H3,(H,17,18)/p-1. The van der Waals surface area contributed by atoms with Gasteiger partial charge in [-0.2, -0.15) is 0 Å². The lowest BCUT2D eigenvalue weighted by molar-refractivity contribution is -0.314. The highest BCUT2D eigenvalue weighted by molar-refractivity contribution is 6.30. The topological polar surface area (TPSA) is 101 Å². The Kier molecular flexibility index (Phi) is 3.84. The molecule has 0 aromatic rings. The highest BCUT2D eigenvalue weighted by Gasteiger charge is 2.57. The highest BCUT2D eigenvalue weighted by atomic mass is 16.6. The number of carboxylic acid groups (broad SMARTS) is 1. The summed E-state index contributed by atoms with van der Waals surface area (Å²) in [7, 11) is 0. The summed E-state index contributed by atoms with van der Waals surface area (Å²) in [6.45, 7) is 6.27. The number of carbonyl (C=O) groups excluding carboxylic acids is 4. The third kappa shape index (κ3) is 2.52. The van der Waals surface area contributed by atoms with Gasteiger partial charge in [-0.25, -0.2) is 0 Å². The van der Waals surface area contributed by atoms with Gasteiger partial charge in [-0.1, -0.05) is 6.92 Å². The molecule has 0 aromatic carbocycles. The van der Waals surface area contributed by atoms with Crippen LogP contribution >= 0.6 is 0 Å². The SMILES string of the molecule is CCC1(C(=O)[O-])C(=O)CC(C(=O)OC(C)(C)C)C1=O. The first-order valence-corrected chi connectivity index (χ1v) is 6.08. The smallest absolute Gasteiger partial charge is 0.317 e. The van der Waals surface area contributed by atoms with Crippen molar-refractivity contribution in [3.05, 3.63) is 0 Å². The van der Waals surface area contributed by atoms with Gasteiger partial charge in [-0.15, -0.1) is 0 Å². The first-order valence-electron chi connectivity index (χ1n) is 6.08. The van der Waals surface area contributed by atoms with Crippen molar-refractivity contribution in [3.63, 3.8) is 0 Å². The van der Waals surface area contributed by atoms with E-state index in [0.29, 0.717) is 0 Å². The van der Waals surface area contributed by atoms with Crippen LogP contribution < -0.4 is 5.11 Å². The molecule has 106 valence electrons. The van der Waals surface area contributed by atoms with Crippen molar-refractivity contribution in [1.29, 1.82) is 0 Å². The Balaban J connectivity index is 3.05. The normalized spacial score (nSPS) is 27.5. The minimum Gasteiger partial charge on any atom is -0.549 e. The summed E-state index contributed by atoms with van der Waals surface area (Å²) in [6, 6.07) is 0. The average molecular weight is 269 g/mol. The number of ether oxygens (including phenoxy) is 1. The molecule has 0 N–H and O–H groups in total. The first-order chi connectivity index (χ1) is 8.56. The molecule has 2 atom stereocenters. The molecule has 19 heavy (non-hydrogen) atoms. The van der Waals surface area contributed by atoms with E-state index in [4.69, 9.17) is 4.74 Å². The minimum atomic E-state index is -2.19. The number of hydrogen-bond acceptors (Lipinski definition) is 6. The summed E-state index contributed by atoms with van der Waals surface area (Å²) in [5.41, 5.74) is -3.00. The molecule has 0 aromatic heterocycles. The molecule has 6 heteroatoms. The molecule has 0 radical (unpaired) electrons. The fraction of sp³-hybridized carbons (Fsp3) is 0.692. The van der Waals surface area contributed by atoms with Crippen molar-refractivity contribution < 1.29 is 29.0 Å². The number of carboxylic acids is 1. The van der Waals surface area contributed by atoms with Gasteiger partial charge in [0.1, 0.15) is 16.9 Å². The van der Waals surface area contributed by atoms with Crippen LogP contribution in [0.15, 0.2) is 0 Å². The molecule has 0 heterocycles. The van der Waals surface area contributed by atoms with Crippen LogP contribution in [0.4, 0.5) is 0 Å². The number of ketones is 2. The van der Waals surface area contributed by atoms with Crippen LogP contribution in [-0.2, 0) is 23.9 Å². The summed E-state index contributed by atoms with van der Waals surface area (Å²) in [4.78, 5) is 46.9. The predicted molar refractivity (Wildman–Crippen MR) is 61.7 cm³/mol.